The van der Waals surface area contributed by atoms with Gasteiger partial charge in [-0.1, -0.05) is 23.9 Å². The summed E-state index contributed by atoms with van der Waals surface area (Å²) in [6.07, 6.45) is 2.36. The fourth-order valence-electron chi connectivity index (χ4n) is 2.48. The summed E-state index contributed by atoms with van der Waals surface area (Å²) in [5.74, 6) is 0.0204. The minimum absolute atomic E-state index is 0.0176. The van der Waals surface area contributed by atoms with Crippen LogP contribution in [-0.4, -0.2) is 43.3 Å². The molecule has 0 fully saturated rings. The molecular weight excluding hydrogens is 332 g/mol. The van der Waals surface area contributed by atoms with Crippen LogP contribution >= 0.6 is 11.8 Å². The maximum Gasteiger partial charge on any atom is 0.271 e. The van der Waals surface area contributed by atoms with Gasteiger partial charge in [-0.3, -0.25) is 14.9 Å². The maximum atomic E-state index is 12.5. The largest absolute Gasteiger partial charge is 0.311 e. The highest BCUT2D eigenvalue weighted by Crippen LogP contribution is 2.32. The van der Waals surface area contributed by atoms with Crippen LogP contribution in [0.2, 0.25) is 0 Å². The van der Waals surface area contributed by atoms with Crippen LogP contribution in [0, 0.1) is 10.1 Å². The van der Waals surface area contributed by atoms with Crippen LogP contribution in [0.25, 0.3) is 0 Å². The summed E-state index contributed by atoms with van der Waals surface area (Å²) in [5.41, 5.74) is 1.53. The molecule has 0 spiro atoms. The average Bonchev–Trinajstić information content (AvgIpc) is 3.18. The Bertz CT molecular complexity index is 806. The number of aromatic nitrogens is 4. The topological polar surface area (TPSA) is 107 Å². The number of amides is 1. The molecule has 10 heteroatoms. The van der Waals surface area contributed by atoms with Crippen LogP contribution in [0.15, 0.2) is 36.0 Å². The maximum absolute atomic E-state index is 12.5. The number of benzene rings is 1. The number of non-ortho nitro benzene ring substituents is 1. The Labute approximate surface area is 141 Å². The third-order valence-electron chi connectivity index (χ3n) is 3.60. The van der Waals surface area contributed by atoms with Gasteiger partial charge < -0.3 is 4.90 Å². The zero-order valence-corrected chi connectivity index (χ0v) is 13.5. The zero-order valence-electron chi connectivity index (χ0n) is 12.7. The molecule has 24 heavy (non-hydrogen) atoms. The first-order valence-electron chi connectivity index (χ1n) is 7.17. The lowest BCUT2D eigenvalue weighted by atomic mass is 10.1. The van der Waals surface area contributed by atoms with Gasteiger partial charge in [0.15, 0.2) is 0 Å². The first-order valence-corrected chi connectivity index (χ1v) is 8.16. The number of allylic oxidation sites excluding steroid dienone is 1. The van der Waals surface area contributed by atoms with Crippen molar-refractivity contribution in [1.29, 1.82) is 0 Å². The van der Waals surface area contributed by atoms with Crippen molar-refractivity contribution in [3.63, 3.8) is 0 Å². The van der Waals surface area contributed by atoms with E-state index in [1.807, 2.05) is 0 Å². The van der Waals surface area contributed by atoms with Gasteiger partial charge >= 0.3 is 0 Å². The predicted molar refractivity (Wildman–Crippen MR) is 87.9 cm³/mol. The lowest BCUT2D eigenvalue weighted by Gasteiger charge is -2.16. The van der Waals surface area contributed by atoms with Crippen molar-refractivity contribution in [3.8, 4) is 0 Å². The summed E-state index contributed by atoms with van der Waals surface area (Å²) >= 11 is 1.23. The SMILES string of the molecule is C=CCn1nnnc1SCC(=O)N1CCc2ccc([N+](=O)[O-])cc21. The van der Waals surface area contributed by atoms with Gasteiger partial charge in [0.2, 0.25) is 11.1 Å². The number of nitro groups is 1. The van der Waals surface area contributed by atoms with Gasteiger partial charge in [0.25, 0.3) is 5.69 Å². The lowest BCUT2D eigenvalue weighted by molar-refractivity contribution is -0.384. The highest BCUT2D eigenvalue weighted by molar-refractivity contribution is 7.99. The molecule has 0 radical (unpaired) electrons. The van der Waals surface area contributed by atoms with Gasteiger partial charge in [-0.15, -0.1) is 11.7 Å². The summed E-state index contributed by atoms with van der Waals surface area (Å²) in [5, 5.41) is 22.7. The number of rotatable bonds is 6. The summed E-state index contributed by atoms with van der Waals surface area (Å²) in [6, 6.07) is 4.62. The molecule has 0 aliphatic carbocycles. The standard InChI is InChI=1S/C14H14N6O3S/c1-2-6-19-14(15-16-17-19)24-9-13(21)18-7-5-10-3-4-11(20(22)23)8-12(10)18/h2-4,8H,1,5-7,9H2. The molecule has 0 atom stereocenters. The van der Waals surface area contributed by atoms with Crippen molar-refractivity contribution in [2.45, 2.75) is 18.1 Å². The second-order valence-corrected chi connectivity index (χ2v) is 6.03. The van der Waals surface area contributed by atoms with Crippen molar-refractivity contribution in [3.05, 3.63) is 46.5 Å². The Morgan fingerprint density at radius 2 is 2.33 bits per heavy atom. The minimum Gasteiger partial charge on any atom is -0.311 e. The van der Waals surface area contributed by atoms with E-state index in [1.165, 1.54) is 23.9 Å². The van der Waals surface area contributed by atoms with Crippen LogP contribution in [0.1, 0.15) is 5.56 Å². The van der Waals surface area contributed by atoms with Gasteiger partial charge in [0, 0.05) is 18.7 Å². The number of nitrogens with zero attached hydrogens (tertiary/aromatic N) is 6. The third-order valence-corrected chi connectivity index (χ3v) is 4.54. The third kappa shape index (κ3) is 3.13. The Morgan fingerprint density at radius 1 is 1.50 bits per heavy atom. The molecule has 1 aromatic heterocycles. The van der Waals surface area contributed by atoms with Crippen molar-refractivity contribution >= 4 is 29.0 Å². The van der Waals surface area contributed by atoms with Crippen LogP contribution in [0.3, 0.4) is 0 Å². The summed E-state index contributed by atoms with van der Waals surface area (Å²) in [6.45, 7) is 4.61. The lowest BCUT2D eigenvalue weighted by Crippen LogP contribution is -2.30. The predicted octanol–water partition coefficient (Wildman–Crippen LogP) is 1.45. The molecule has 1 amide bonds. The molecule has 1 aliphatic heterocycles. The molecular formula is C14H14N6O3S. The Hall–Kier alpha value is -2.75. The van der Waals surface area contributed by atoms with Crippen molar-refractivity contribution in [1.82, 2.24) is 20.2 Å². The average molecular weight is 346 g/mol. The monoisotopic (exact) mass is 346 g/mol. The molecule has 0 unspecified atom stereocenters. The molecule has 0 bridgehead atoms. The van der Waals surface area contributed by atoms with Crippen LogP contribution in [0.5, 0.6) is 0 Å². The van der Waals surface area contributed by atoms with E-state index >= 15 is 0 Å². The van der Waals surface area contributed by atoms with E-state index in [2.05, 4.69) is 22.1 Å². The number of anilines is 1. The quantitative estimate of drug-likeness (QED) is 0.337. The normalized spacial score (nSPS) is 12.9. The molecule has 9 nitrogen and oxygen atoms in total. The van der Waals surface area contributed by atoms with E-state index in [0.717, 1.165) is 5.56 Å². The fraction of sp³-hybridized carbons (Fsp3) is 0.286. The number of carbonyl (C=O) groups is 1. The van der Waals surface area contributed by atoms with E-state index in [4.69, 9.17) is 0 Å². The molecule has 2 aromatic rings. The second-order valence-electron chi connectivity index (χ2n) is 5.09. The number of fused-ring (bicyclic) bond motifs is 1. The molecule has 0 N–H and O–H groups in total. The first-order chi connectivity index (χ1) is 11.6. The number of thioether (sulfide) groups is 1. The zero-order chi connectivity index (χ0) is 17.1. The van der Waals surface area contributed by atoms with E-state index in [9.17, 15) is 14.9 Å². The van der Waals surface area contributed by atoms with E-state index in [0.29, 0.717) is 30.4 Å². The van der Waals surface area contributed by atoms with Gasteiger partial charge in [0.1, 0.15) is 0 Å². The Kier molecular flexibility index (Phi) is 4.56. The van der Waals surface area contributed by atoms with Gasteiger partial charge in [-0.05, 0) is 22.4 Å². The molecule has 0 saturated heterocycles. The number of tetrazole rings is 1. The Balaban J connectivity index is 1.71. The summed E-state index contributed by atoms with van der Waals surface area (Å²) in [7, 11) is 0. The number of nitro benzene ring substituents is 1. The molecule has 1 aromatic carbocycles. The highest BCUT2D eigenvalue weighted by Gasteiger charge is 2.27. The summed E-state index contributed by atoms with van der Waals surface area (Å²) < 4.78 is 1.55. The first kappa shape index (κ1) is 16.1. The molecule has 1 aliphatic rings. The van der Waals surface area contributed by atoms with Gasteiger partial charge in [-0.2, -0.15) is 0 Å². The number of hydrogen-bond donors (Lipinski definition) is 0. The molecule has 124 valence electrons. The van der Waals surface area contributed by atoms with Gasteiger partial charge in [0.05, 0.1) is 22.9 Å². The highest BCUT2D eigenvalue weighted by atomic mass is 32.2. The van der Waals surface area contributed by atoms with Crippen molar-refractivity contribution in [2.24, 2.45) is 0 Å². The van der Waals surface area contributed by atoms with Crippen LogP contribution in [-0.2, 0) is 17.8 Å². The van der Waals surface area contributed by atoms with Crippen LogP contribution in [0.4, 0.5) is 11.4 Å². The van der Waals surface area contributed by atoms with E-state index < -0.39 is 4.92 Å². The number of hydrogen-bond acceptors (Lipinski definition) is 7. The molecule has 3 rings (SSSR count). The minimum atomic E-state index is -0.459. The van der Waals surface area contributed by atoms with Crippen LogP contribution < -0.4 is 4.90 Å². The van der Waals surface area contributed by atoms with E-state index in [-0.39, 0.29) is 17.3 Å². The second kappa shape index (κ2) is 6.79. The molecule has 0 saturated carbocycles. The van der Waals surface area contributed by atoms with E-state index in [1.54, 1.807) is 21.7 Å². The van der Waals surface area contributed by atoms with Crippen molar-refractivity contribution in [2.75, 3.05) is 17.2 Å². The Morgan fingerprint density at radius 3 is 3.08 bits per heavy atom. The number of carbonyl (C=O) groups excluding carboxylic acids is 1. The summed E-state index contributed by atoms with van der Waals surface area (Å²) in [4.78, 5) is 24.5. The fourth-order valence-corrected chi connectivity index (χ4v) is 3.24. The molecule has 2 heterocycles. The smallest absolute Gasteiger partial charge is 0.271 e. The van der Waals surface area contributed by atoms with Gasteiger partial charge in [-0.25, -0.2) is 4.68 Å². The van der Waals surface area contributed by atoms with Crippen molar-refractivity contribution < 1.29 is 9.72 Å².